The second-order valence-corrected chi connectivity index (χ2v) is 16.9. The summed E-state index contributed by atoms with van der Waals surface area (Å²) in [6.45, 7) is 0. The van der Waals surface area contributed by atoms with Gasteiger partial charge in [-0.15, -0.1) is 0 Å². The van der Waals surface area contributed by atoms with Crippen molar-refractivity contribution in [3.8, 4) is 39.7 Å². The summed E-state index contributed by atoms with van der Waals surface area (Å²) in [5.41, 5.74) is 5.11. The largest absolute Gasteiger partial charge is 0.455 e. The van der Waals surface area contributed by atoms with E-state index in [1.807, 2.05) is 132 Å². The molecule has 0 saturated carbocycles. The van der Waals surface area contributed by atoms with Crippen LogP contribution in [0.15, 0.2) is 185 Å². The van der Waals surface area contributed by atoms with Gasteiger partial charge in [0.1, 0.15) is 22.3 Å². The van der Waals surface area contributed by atoms with Crippen LogP contribution in [-0.4, -0.2) is 9.13 Å². The van der Waals surface area contributed by atoms with Crippen LogP contribution in [-0.2, 0) is 12.4 Å². The van der Waals surface area contributed by atoms with Crippen LogP contribution in [0.25, 0.3) is 121 Å². The molecule has 0 aliphatic rings. The first-order chi connectivity index (χ1) is 33.0. The van der Waals surface area contributed by atoms with Crippen molar-refractivity contribution in [2.45, 2.75) is 12.4 Å². The van der Waals surface area contributed by atoms with Crippen LogP contribution in [0.5, 0.6) is 0 Å². The van der Waals surface area contributed by atoms with Crippen LogP contribution in [0.4, 0.5) is 26.3 Å². The molecule has 4 aromatic heterocycles. The molecule has 13 rings (SSSR count). The van der Waals surface area contributed by atoms with Crippen molar-refractivity contribution in [1.82, 2.24) is 9.13 Å². The van der Waals surface area contributed by atoms with Gasteiger partial charge in [0.2, 0.25) is 0 Å². The van der Waals surface area contributed by atoms with E-state index in [0.29, 0.717) is 61.9 Å². The van der Waals surface area contributed by atoms with E-state index in [0.717, 1.165) is 65.8 Å². The number of alkyl halides is 6. The molecule has 68 heavy (non-hydrogen) atoms. The summed E-state index contributed by atoms with van der Waals surface area (Å²) in [6, 6.07) is 53.2. The minimum atomic E-state index is -5.13. The van der Waals surface area contributed by atoms with Crippen molar-refractivity contribution in [2.75, 3.05) is 0 Å². The first-order valence-corrected chi connectivity index (χ1v) is 21.6. The van der Waals surface area contributed by atoms with E-state index >= 15 is 0 Å². The Labute approximate surface area is 380 Å². The standard InChI is InChI=1S/C57H29F6N3O2/c58-56(59,60)33-19-22-34(43(29-33)57(61,62)63)32-18-21-36(49(28-32)66-45-14-6-2-12-42(45)53-47(66)26-24-40-38-10-4-8-16-51(38)68-55(40)53)35-20-17-31(30-64)27-48(35)65-44-13-5-1-11-41(44)52-46(65)25-23-39-37-9-3-7-15-50(37)67-54(39)52/h1-29H. The lowest BCUT2D eigenvalue weighted by molar-refractivity contribution is -0.142. The number of para-hydroxylation sites is 4. The second-order valence-electron chi connectivity index (χ2n) is 16.9. The molecule has 0 unspecified atom stereocenters. The number of aromatic nitrogens is 2. The Morgan fingerprint density at radius 1 is 0.412 bits per heavy atom. The fraction of sp³-hybridized carbons (Fsp3) is 0.0351. The smallest absolute Gasteiger partial charge is 0.417 e. The van der Waals surface area contributed by atoms with Crippen LogP contribution in [0, 0.1) is 11.3 Å². The van der Waals surface area contributed by atoms with E-state index in [4.69, 9.17) is 8.83 Å². The monoisotopic (exact) mass is 901 g/mol. The summed E-state index contributed by atoms with van der Waals surface area (Å²) in [4.78, 5) is 0. The van der Waals surface area contributed by atoms with E-state index in [9.17, 15) is 31.6 Å². The van der Waals surface area contributed by atoms with Gasteiger partial charge in [-0.1, -0.05) is 97.1 Å². The fourth-order valence-corrected chi connectivity index (χ4v) is 10.3. The third-order valence-corrected chi connectivity index (χ3v) is 13.2. The van der Waals surface area contributed by atoms with Gasteiger partial charge in [0, 0.05) is 43.4 Å². The predicted molar refractivity (Wildman–Crippen MR) is 255 cm³/mol. The topological polar surface area (TPSA) is 59.9 Å². The van der Waals surface area contributed by atoms with Gasteiger partial charge < -0.3 is 18.0 Å². The summed E-state index contributed by atoms with van der Waals surface area (Å²) < 4.78 is 104. The minimum absolute atomic E-state index is 0.0416. The molecule has 4 heterocycles. The maximum atomic E-state index is 14.9. The second kappa shape index (κ2) is 14.1. The maximum absolute atomic E-state index is 14.9. The van der Waals surface area contributed by atoms with Gasteiger partial charge in [0.05, 0.1) is 67.0 Å². The average molecular weight is 902 g/mol. The van der Waals surface area contributed by atoms with E-state index in [2.05, 4.69) is 10.6 Å². The molecule has 0 aliphatic carbocycles. The zero-order chi connectivity index (χ0) is 46.2. The van der Waals surface area contributed by atoms with Gasteiger partial charge in [0.15, 0.2) is 0 Å². The molecule has 326 valence electrons. The lowest BCUT2D eigenvalue weighted by Gasteiger charge is -2.21. The highest BCUT2D eigenvalue weighted by atomic mass is 19.4. The Bertz CT molecular complexity index is 4330. The van der Waals surface area contributed by atoms with Crippen molar-refractivity contribution in [2.24, 2.45) is 0 Å². The molecule has 13 aromatic rings. The Balaban J connectivity index is 1.15. The van der Waals surface area contributed by atoms with Crippen LogP contribution in [0.1, 0.15) is 16.7 Å². The van der Waals surface area contributed by atoms with Crippen LogP contribution >= 0.6 is 0 Å². The number of nitrogens with zero attached hydrogens (tertiary/aromatic N) is 3. The molecule has 0 radical (unpaired) electrons. The zero-order valence-electron chi connectivity index (χ0n) is 35.2. The molecule has 9 aromatic carbocycles. The summed E-state index contributed by atoms with van der Waals surface area (Å²) in [7, 11) is 0. The molecule has 5 nitrogen and oxygen atoms in total. The molecular formula is C57H29F6N3O2. The van der Waals surface area contributed by atoms with E-state index < -0.39 is 29.0 Å². The number of halogens is 6. The molecule has 0 aliphatic heterocycles. The molecule has 0 fully saturated rings. The normalized spacial score (nSPS) is 12.5. The molecular weight excluding hydrogens is 873 g/mol. The SMILES string of the molecule is N#Cc1ccc(-c2ccc(-c3ccc(C(F)(F)F)cc3C(F)(F)F)cc2-n2c3ccccc3c3c4oc5ccccc5c4ccc32)c(-n2c3ccccc3c3c4oc5ccccc5c4ccc32)c1. The number of hydrogen-bond acceptors (Lipinski definition) is 3. The van der Waals surface area contributed by atoms with Gasteiger partial charge in [-0.25, -0.2) is 0 Å². The molecule has 0 bridgehead atoms. The lowest BCUT2D eigenvalue weighted by Crippen LogP contribution is -2.12. The highest BCUT2D eigenvalue weighted by molar-refractivity contribution is 6.25. The van der Waals surface area contributed by atoms with Crippen LogP contribution in [0.3, 0.4) is 0 Å². The molecule has 0 spiro atoms. The Hall–Kier alpha value is -8.75. The lowest BCUT2D eigenvalue weighted by atomic mass is 9.92. The third-order valence-electron chi connectivity index (χ3n) is 13.2. The van der Waals surface area contributed by atoms with Gasteiger partial charge in [0.25, 0.3) is 0 Å². The summed E-state index contributed by atoms with van der Waals surface area (Å²) >= 11 is 0. The van der Waals surface area contributed by atoms with Crippen molar-refractivity contribution in [3.05, 3.63) is 193 Å². The average Bonchev–Trinajstić information content (AvgIpc) is 4.10. The highest BCUT2D eigenvalue weighted by Gasteiger charge is 2.39. The first kappa shape index (κ1) is 39.6. The Morgan fingerprint density at radius 3 is 1.43 bits per heavy atom. The number of furan rings is 2. The van der Waals surface area contributed by atoms with Crippen molar-refractivity contribution in [1.29, 1.82) is 5.26 Å². The number of benzene rings is 9. The third kappa shape index (κ3) is 5.70. The van der Waals surface area contributed by atoms with Crippen molar-refractivity contribution in [3.63, 3.8) is 0 Å². The Kier molecular flexibility index (Phi) is 8.23. The van der Waals surface area contributed by atoms with Crippen LogP contribution in [0.2, 0.25) is 0 Å². The van der Waals surface area contributed by atoms with Crippen molar-refractivity contribution >= 4 is 87.5 Å². The van der Waals surface area contributed by atoms with Gasteiger partial charge >= 0.3 is 12.4 Å². The van der Waals surface area contributed by atoms with Crippen molar-refractivity contribution < 1.29 is 35.2 Å². The highest BCUT2D eigenvalue weighted by Crippen LogP contribution is 2.48. The zero-order valence-corrected chi connectivity index (χ0v) is 35.2. The molecule has 0 amide bonds. The number of nitriles is 1. The minimum Gasteiger partial charge on any atom is -0.455 e. The van der Waals surface area contributed by atoms with E-state index in [-0.39, 0.29) is 11.6 Å². The summed E-state index contributed by atoms with van der Waals surface area (Å²) in [5.74, 6) is 0. The van der Waals surface area contributed by atoms with E-state index in [1.165, 1.54) is 6.07 Å². The number of rotatable bonds is 4. The fourth-order valence-electron chi connectivity index (χ4n) is 10.3. The molecule has 0 N–H and O–H groups in total. The first-order valence-electron chi connectivity index (χ1n) is 21.6. The molecule has 0 atom stereocenters. The summed E-state index contributed by atoms with van der Waals surface area (Å²) in [6.07, 6.45) is -10.1. The summed E-state index contributed by atoms with van der Waals surface area (Å²) in [5, 5.41) is 17.5. The number of hydrogen-bond donors (Lipinski definition) is 0. The van der Waals surface area contributed by atoms with Gasteiger partial charge in [-0.2, -0.15) is 31.6 Å². The quantitative estimate of drug-likeness (QED) is 0.165. The maximum Gasteiger partial charge on any atom is 0.417 e. The molecule has 11 heteroatoms. The van der Waals surface area contributed by atoms with Gasteiger partial charge in [-0.3, -0.25) is 0 Å². The van der Waals surface area contributed by atoms with Crippen LogP contribution < -0.4 is 0 Å². The van der Waals surface area contributed by atoms with E-state index in [1.54, 1.807) is 24.3 Å². The number of fused-ring (bicyclic) bond motifs is 14. The molecule has 0 saturated heterocycles. The van der Waals surface area contributed by atoms with Gasteiger partial charge in [-0.05, 0) is 90.0 Å². The Morgan fingerprint density at radius 2 is 0.897 bits per heavy atom. The predicted octanol–water partition coefficient (Wildman–Crippen LogP) is 16.9.